The first-order chi connectivity index (χ1) is 9.16. The van der Waals surface area contributed by atoms with Gasteiger partial charge in [0, 0.05) is 23.6 Å². The second kappa shape index (κ2) is 6.75. The predicted octanol–water partition coefficient (Wildman–Crippen LogP) is 3.05. The van der Waals surface area contributed by atoms with Gasteiger partial charge in [-0.05, 0) is 18.1 Å². The molecule has 20 heavy (non-hydrogen) atoms. The lowest BCUT2D eigenvalue weighted by molar-refractivity contribution is -0.122. The zero-order chi connectivity index (χ0) is 13.4. The summed E-state index contributed by atoms with van der Waals surface area (Å²) in [6, 6.07) is 5.80. The summed E-state index contributed by atoms with van der Waals surface area (Å²) in [6.45, 7) is 0. The molecule has 1 saturated heterocycles. The number of thioether (sulfide) groups is 1. The molecule has 3 atom stereocenters. The number of hydrogen-bond donors (Lipinski definition) is 2. The number of nitrogens with one attached hydrogen (secondary N) is 2. The summed E-state index contributed by atoms with van der Waals surface area (Å²) in [7, 11) is 0. The molecule has 2 unspecified atom stereocenters. The van der Waals surface area contributed by atoms with E-state index in [1.54, 1.807) is 17.8 Å². The van der Waals surface area contributed by atoms with Crippen LogP contribution in [-0.4, -0.2) is 29.6 Å². The van der Waals surface area contributed by atoms with E-state index in [0.29, 0.717) is 16.0 Å². The van der Waals surface area contributed by atoms with Crippen LogP contribution in [0.1, 0.15) is 17.9 Å². The van der Waals surface area contributed by atoms with Crippen molar-refractivity contribution in [3.63, 3.8) is 0 Å². The van der Waals surface area contributed by atoms with Crippen molar-refractivity contribution in [1.29, 1.82) is 0 Å². The Kier molecular flexibility index (Phi) is 5.49. The molecule has 3 nitrogen and oxygen atoms in total. The first-order valence-electron chi connectivity index (χ1n) is 6.22. The van der Waals surface area contributed by atoms with E-state index in [2.05, 4.69) is 10.6 Å². The molecular formula is C13H15Cl3N2OS. The lowest BCUT2D eigenvalue weighted by Gasteiger charge is -2.11. The second-order valence-corrected chi connectivity index (χ2v) is 6.69. The molecule has 1 aliphatic carbocycles. The van der Waals surface area contributed by atoms with Crippen molar-refractivity contribution in [2.45, 2.75) is 24.4 Å². The van der Waals surface area contributed by atoms with E-state index in [4.69, 9.17) is 23.2 Å². The van der Waals surface area contributed by atoms with Crippen LogP contribution < -0.4 is 10.6 Å². The number of halogens is 3. The fourth-order valence-corrected chi connectivity index (χ4v) is 3.74. The molecule has 0 aromatic heterocycles. The fraction of sp³-hybridized carbons (Fsp3) is 0.462. The Morgan fingerprint density at radius 2 is 2.20 bits per heavy atom. The second-order valence-electron chi connectivity index (χ2n) is 4.87. The van der Waals surface area contributed by atoms with E-state index in [1.807, 2.05) is 12.1 Å². The molecule has 1 aromatic carbocycles. The molecule has 0 bridgehead atoms. The summed E-state index contributed by atoms with van der Waals surface area (Å²) >= 11 is 14.0. The SMILES string of the molecule is Cl.O=C(NC1CC1c1cccc(Cl)c1Cl)[C@H]1CSCN1. The molecule has 0 radical (unpaired) electrons. The van der Waals surface area contributed by atoms with E-state index in [9.17, 15) is 4.79 Å². The van der Waals surface area contributed by atoms with Crippen molar-refractivity contribution in [3.8, 4) is 0 Å². The fourth-order valence-electron chi connectivity index (χ4n) is 2.35. The zero-order valence-corrected chi connectivity index (χ0v) is 13.7. The topological polar surface area (TPSA) is 41.1 Å². The van der Waals surface area contributed by atoms with Gasteiger partial charge in [0.25, 0.3) is 0 Å². The van der Waals surface area contributed by atoms with Gasteiger partial charge in [-0.25, -0.2) is 0 Å². The summed E-state index contributed by atoms with van der Waals surface area (Å²) in [4.78, 5) is 12.0. The third kappa shape index (κ3) is 3.37. The van der Waals surface area contributed by atoms with Crippen LogP contribution in [0.3, 0.4) is 0 Å². The predicted molar refractivity (Wildman–Crippen MR) is 87.2 cm³/mol. The summed E-state index contributed by atoms with van der Waals surface area (Å²) in [6.07, 6.45) is 0.936. The van der Waals surface area contributed by atoms with Crippen molar-refractivity contribution in [1.82, 2.24) is 10.6 Å². The molecule has 1 aliphatic heterocycles. The summed E-state index contributed by atoms with van der Waals surface area (Å²) < 4.78 is 0. The number of carbonyl (C=O) groups excluding carboxylic acids is 1. The smallest absolute Gasteiger partial charge is 0.238 e. The average molecular weight is 354 g/mol. The van der Waals surface area contributed by atoms with Crippen LogP contribution in [-0.2, 0) is 4.79 Å². The third-order valence-electron chi connectivity index (χ3n) is 3.53. The van der Waals surface area contributed by atoms with Crippen molar-refractivity contribution >= 4 is 53.3 Å². The highest BCUT2D eigenvalue weighted by atomic mass is 35.5. The van der Waals surface area contributed by atoms with E-state index in [0.717, 1.165) is 23.6 Å². The third-order valence-corrected chi connectivity index (χ3v) is 5.31. The highest BCUT2D eigenvalue weighted by Crippen LogP contribution is 2.45. The van der Waals surface area contributed by atoms with Crippen molar-refractivity contribution in [3.05, 3.63) is 33.8 Å². The highest BCUT2D eigenvalue weighted by molar-refractivity contribution is 7.99. The van der Waals surface area contributed by atoms with Gasteiger partial charge in [0.15, 0.2) is 0 Å². The number of amides is 1. The van der Waals surface area contributed by atoms with Gasteiger partial charge in [-0.15, -0.1) is 24.2 Å². The molecule has 2 N–H and O–H groups in total. The molecule has 0 spiro atoms. The minimum atomic E-state index is -0.0546. The van der Waals surface area contributed by atoms with Crippen LogP contribution in [0.5, 0.6) is 0 Å². The first kappa shape index (κ1) is 16.2. The summed E-state index contributed by atoms with van der Waals surface area (Å²) in [5.74, 6) is 2.09. The van der Waals surface area contributed by atoms with Gasteiger partial charge in [-0.3, -0.25) is 10.1 Å². The molecule has 1 heterocycles. The summed E-state index contributed by atoms with van der Waals surface area (Å²) in [5, 5.41) is 7.43. The van der Waals surface area contributed by atoms with Crippen molar-refractivity contribution in [2.75, 3.05) is 11.6 Å². The molecule has 2 fully saturated rings. The lowest BCUT2D eigenvalue weighted by atomic mass is 10.1. The van der Waals surface area contributed by atoms with Gasteiger partial charge in [0.1, 0.15) is 0 Å². The van der Waals surface area contributed by atoms with Gasteiger partial charge in [0.2, 0.25) is 5.91 Å². The van der Waals surface area contributed by atoms with Crippen LogP contribution >= 0.6 is 47.4 Å². The van der Waals surface area contributed by atoms with Crippen LogP contribution in [0.15, 0.2) is 18.2 Å². The van der Waals surface area contributed by atoms with Gasteiger partial charge in [0.05, 0.1) is 16.1 Å². The maximum atomic E-state index is 12.0. The van der Waals surface area contributed by atoms with Crippen LogP contribution in [0.4, 0.5) is 0 Å². The van der Waals surface area contributed by atoms with Gasteiger partial charge in [-0.2, -0.15) is 0 Å². The Hall–Kier alpha value is -0.130. The van der Waals surface area contributed by atoms with E-state index in [1.165, 1.54) is 0 Å². The van der Waals surface area contributed by atoms with Crippen molar-refractivity contribution < 1.29 is 4.79 Å². The molecule has 7 heteroatoms. The Balaban J connectivity index is 0.00000147. The minimum Gasteiger partial charge on any atom is -0.351 e. The van der Waals surface area contributed by atoms with E-state index in [-0.39, 0.29) is 30.4 Å². The Labute approximate surface area is 138 Å². The molecule has 1 amide bonds. The largest absolute Gasteiger partial charge is 0.351 e. The van der Waals surface area contributed by atoms with Crippen LogP contribution in [0, 0.1) is 0 Å². The summed E-state index contributed by atoms with van der Waals surface area (Å²) in [5.41, 5.74) is 1.04. The molecule has 1 aromatic rings. The highest BCUT2D eigenvalue weighted by Gasteiger charge is 2.42. The maximum absolute atomic E-state index is 12.0. The number of benzene rings is 1. The molecule has 110 valence electrons. The lowest BCUT2D eigenvalue weighted by Crippen LogP contribution is -2.43. The van der Waals surface area contributed by atoms with Crippen LogP contribution in [0.25, 0.3) is 0 Å². The molecule has 1 saturated carbocycles. The minimum absolute atomic E-state index is 0. The Morgan fingerprint density at radius 3 is 2.90 bits per heavy atom. The first-order valence-corrected chi connectivity index (χ1v) is 8.13. The Morgan fingerprint density at radius 1 is 1.40 bits per heavy atom. The molecule has 2 aliphatic rings. The normalized spacial score (nSPS) is 27.8. The zero-order valence-electron chi connectivity index (χ0n) is 10.6. The van der Waals surface area contributed by atoms with E-state index < -0.39 is 0 Å². The quantitative estimate of drug-likeness (QED) is 0.877. The monoisotopic (exact) mass is 352 g/mol. The van der Waals surface area contributed by atoms with E-state index >= 15 is 0 Å². The van der Waals surface area contributed by atoms with Crippen LogP contribution in [0.2, 0.25) is 10.0 Å². The number of carbonyl (C=O) groups is 1. The van der Waals surface area contributed by atoms with Gasteiger partial charge in [-0.1, -0.05) is 35.3 Å². The average Bonchev–Trinajstić information content (AvgIpc) is 2.93. The standard InChI is InChI=1S/C13H14Cl2N2OS.ClH/c14-9-3-1-2-7(12(9)15)8-4-10(8)17-13(18)11-5-19-6-16-11;/h1-3,8,10-11,16H,4-6H2,(H,17,18);1H/t8?,10?,11-;/m1./s1. The van der Waals surface area contributed by atoms with Crippen molar-refractivity contribution in [2.24, 2.45) is 0 Å². The van der Waals surface area contributed by atoms with Gasteiger partial charge < -0.3 is 5.32 Å². The number of rotatable bonds is 3. The van der Waals surface area contributed by atoms with Gasteiger partial charge >= 0.3 is 0 Å². The molecule has 3 rings (SSSR count). The Bertz CT molecular complexity index is 508. The maximum Gasteiger partial charge on any atom is 0.238 e. The number of hydrogen-bond acceptors (Lipinski definition) is 3. The molecular weight excluding hydrogens is 339 g/mol.